The third-order valence-corrected chi connectivity index (χ3v) is 7.95. The Morgan fingerprint density at radius 2 is 0.955 bits per heavy atom. The van der Waals surface area contributed by atoms with Gasteiger partial charge in [0.05, 0.1) is 12.5 Å². The van der Waals surface area contributed by atoms with Crippen molar-refractivity contribution in [3.05, 3.63) is 176 Å². The van der Waals surface area contributed by atoms with Crippen LogP contribution in [0.1, 0.15) is 6.85 Å². The second kappa shape index (κ2) is 11.1. The smallest absolute Gasteiger partial charge is 0.159 e. The van der Waals surface area contributed by atoms with Gasteiger partial charge in [0.1, 0.15) is 5.58 Å². The molecule has 0 bridgehead atoms. The second-order valence-corrected chi connectivity index (χ2v) is 10.6. The third-order valence-electron chi connectivity index (χ3n) is 7.95. The van der Waals surface area contributed by atoms with E-state index in [1.54, 1.807) is 4.90 Å². The van der Waals surface area contributed by atoms with Gasteiger partial charge in [-0.15, -0.1) is 0 Å². The molecule has 0 aliphatic rings. The SMILES string of the molecule is [2H]c1c([2H])c([2H])c(N(c2ccc(-c3ccccc3)cc2)c2cc(-c3ccccc3)cc3c2oc2ccc(-c4ccccc4)cc23)c([2H])c1[2H]. The van der Waals surface area contributed by atoms with E-state index in [9.17, 15) is 0 Å². The fourth-order valence-corrected chi connectivity index (χ4v) is 5.81. The van der Waals surface area contributed by atoms with E-state index in [4.69, 9.17) is 11.3 Å². The Morgan fingerprint density at radius 3 is 1.59 bits per heavy atom. The molecule has 1 heterocycles. The van der Waals surface area contributed by atoms with Gasteiger partial charge in [0.15, 0.2) is 5.58 Å². The van der Waals surface area contributed by atoms with Gasteiger partial charge in [-0.1, -0.05) is 127 Å². The zero-order chi connectivity index (χ0) is 33.6. The Morgan fingerprint density at radius 1 is 0.432 bits per heavy atom. The molecule has 0 radical (unpaired) electrons. The number of anilines is 3. The fourth-order valence-electron chi connectivity index (χ4n) is 5.81. The van der Waals surface area contributed by atoms with E-state index in [1.165, 1.54) is 0 Å². The summed E-state index contributed by atoms with van der Waals surface area (Å²) in [6.45, 7) is 0. The zero-order valence-electron chi connectivity index (χ0n) is 28.7. The standard InChI is InChI=1S/C42H29NO/c1-5-13-30(14-6-1)33-21-24-37(25-22-33)43(36-19-11-4-12-20-36)40-29-35(32-17-9-3-10-18-32)28-39-38-27-34(31-15-7-2-8-16-31)23-26-41(38)44-42(39)40/h1-29H/i4D,11D,12D,19D,20D. The monoisotopic (exact) mass is 568 g/mol. The minimum absolute atomic E-state index is 0.0374. The molecule has 0 fully saturated rings. The van der Waals surface area contributed by atoms with Gasteiger partial charge < -0.3 is 9.32 Å². The minimum Gasteiger partial charge on any atom is -0.454 e. The maximum Gasteiger partial charge on any atom is 0.159 e. The maximum atomic E-state index is 9.05. The van der Waals surface area contributed by atoms with Crippen LogP contribution < -0.4 is 4.90 Å². The Bertz CT molecular complexity index is 2450. The molecule has 0 aliphatic carbocycles. The van der Waals surface area contributed by atoms with Gasteiger partial charge in [-0.05, 0) is 81.9 Å². The van der Waals surface area contributed by atoms with Crippen molar-refractivity contribution in [1.29, 1.82) is 0 Å². The van der Waals surface area contributed by atoms with Crippen molar-refractivity contribution < 1.29 is 11.3 Å². The van der Waals surface area contributed by atoms with Crippen LogP contribution in [0, 0.1) is 0 Å². The summed E-state index contributed by atoms with van der Waals surface area (Å²) in [5.74, 6) is 0. The summed E-state index contributed by atoms with van der Waals surface area (Å²) < 4.78 is 50.2. The Hall–Kier alpha value is -5.86. The number of nitrogens with zero attached hydrogens (tertiary/aromatic N) is 1. The van der Waals surface area contributed by atoms with Gasteiger partial charge >= 0.3 is 0 Å². The largest absolute Gasteiger partial charge is 0.454 e. The Kier molecular flexibility index (Phi) is 5.27. The molecule has 2 heteroatoms. The summed E-state index contributed by atoms with van der Waals surface area (Å²) in [5, 5.41) is 1.76. The first-order chi connectivity index (χ1) is 23.9. The van der Waals surface area contributed by atoms with Crippen LogP contribution in [0.3, 0.4) is 0 Å². The average Bonchev–Trinajstić information content (AvgIpc) is 3.54. The minimum atomic E-state index is -0.446. The Balaban J connectivity index is 1.45. The molecule has 0 aliphatic heterocycles. The second-order valence-electron chi connectivity index (χ2n) is 10.6. The predicted octanol–water partition coefficient (Wildman–Crippen LogP) is 12.1. The summed E-state index contributed by atoms with van der Waals surface area (Å²) in [5.41, 5.74) is 8.47. The van der Waals surface area contributed by atoms with Gasteiger partial charge in [0, 0.05) is 22.1 Å². The number of hydrogen-bond donors (Lipinski definition) is 0. The van der Waals surface area contributed by atoms with E-state index in [-0.39, 0.29) is 17.8 Å². The lowest BCUT2D eigenvalue weighted by Gasteiger charge is -2.26. The molecule has 8 rings (SSSR count). The van der Waals surface area contributed by atoms with Crippen molar-refractivity contribution in [2.24, 2.45) is 0 Å². The molecular weight excluding hydrogens is 534 g/mol. The van der Waals surface area contributed by atoms with Gasteiger partial charge in [-0.2, -0.15) is 0 Å². The molecule has 8 aromatic rings. The van der Waals surface area contributed by atoms with Crippen molar-refractivity contribution in [1.82, 2.24) is 0 Å². The molecule has 0 atom stereocenters. The molecule has 44 heavy (non-hydrogen) atoms. The van der Waals surface area contributed by atoms with Gasteiger partial charge in [0.2, 0.25) is 0 Å². The van der Waals surface area contributed by atoms with Gasteiger partial charge in [-0.3, -0.25) is 0 Å². The number of para-hydroxylation sites is 1. The molecule has 0 saturated heterocycles. The van der Waals surface area contributed by atoms with Crippen molar-refractivity contribution in [2.45, 2.75) is 0 Å². The van der Waals surface area contributed by atoms with E-state index in [2.05, 4.69) is 24.3 Å². The molecular formula is C42H29NO. The molecule has 0 saturated carbocycles. The molecule has 0 N–H and O–H groups in total. The predicted molar refractivity (Wildman–Crippen MR) is 185 cm³/mol. The molecule has 1 aromatic heterocycles. The van der Waals surface area contributed by atoms with Crippen LogP contribution in [-0.4, -0.2) is 0 Å². The van der Waals surface area contributed by atoms with Crippen LogP contribution in [0.15, 0.2) is 180 Å². The first-order valence-corrected chi connectivity index (χ1v) is 14.5. The molecule has 7 aromatic carbocycles. The highest BCUT2D eigenvalue weighted by atomic mass is 16.3. The highest BCUT2D eigenvalue weighted by molar-refractivity contribution is 6.13. The molecule has 208 valence electrons. The number of hydrogen-bond acceptors (Lipinski definition) is 2. The van der Waals surface area contributed by atoms with Crippen LogP contribution in [0.25, 0.3) is 55.3 Å². The van der Waals surface area contributed by atoms with Crippen molar-refractivity contribution in [3.63, 3.8) is 0 Å². The van der Waals surface area contributed by atoms with E-state index in [0.29, 0.717) is 22.5 Å². The van der Waals surface area contributed by atoms with Crippen LogP contribution in [-0.2, 0) is 0 Å². The van der Waals surface area contributed by atoms with E-state index >= 15 is 0 Å². The molecule has 2 nitrogen and oxygen atoms in total. The summed E-state index contributed by atoms with van der Waals surface area (Å²) >= 11 is 0. The van der Waals surface area contributed by atoms with Gasteiger partial charge in [0.25, 0.3) is 0 Å². The molecule has 0 amide bonds. The average molecular weight is 569 g/mol. The van der Waals surface area contributed by atoms with Gasteiger partial charge in [-0.25, -0.2) is 0 Å². The highest BCUT2D eigenvalue weighted by Crippen LogP contribution is 2.45. The highest BCUT2D eigenvalue weighted by Gasteiger charge is 2.21. The lowest BCUT2D eigenvalue weighted by Crippen LogP contribution is -2.10. The summed E-state index contributed by atoms with van der Waals surface area (Å²) in [6.07, 6.45) is 0. The maximum absolute atomic E-state index is 9.05. The fraction of sp³-hybridized carbons (Fsp3) is 0. The lowest BCUT2D eigenvalue weighted by molar-refractivity contribution is 0.669. The number of benzene rings is 7. The number of furan rings is 1. The normalized spacial score (nSPS) is 12.8. The first kappa shape index (κ1) is 20.9. The van der Waals surface area contributed by atoms with Crippen LogP contribution in [0.5, 0.6) is 0 Å². The number of rotatable bonds is 6. The molecule has 0 spiro atoms. The van der Waals surface area contributed by atoms with Crippen molar-refractivity contribution >= 4 is 39.0 Å². The van der Waals surface area contributed by atoms with Crippen molar-refractivity contribution in [3.8, 4) is 33.4 Å². The van der Waals surface area contributed by atoms with Crippen LogP contribution in [0.4, 0.5) is 17.1 Å². The van der Waals surface area contributed by atoms with E-state index in [0.717, 1.165) is 44.2 Å². The molecule has 0 unspecified atom stereocenters. The summed E-state index contributed by atoms with van der Waals surface area (Å²) in [4.78, 5) is 1.74. The topological polar surface area (TPSA) is 16.4 Å². The van der Waals surface area contributed by atoms with E-state index in [1.807, 2.05) is 121 Å². The number of fused-ring (bicyclic) bond motifs is 3. The Labute approximate surface area is 264 Å². The van der Waals surface area contributed by atoms with E-state index < -0.39 is 18.1 Å². The third kappa shape index (κ3) is 4.73. The summed E-state index contributed by atoms with van der Waals surface area (Å²) in [6, 6.07) is 46.3. The quantitative estimate of drug-likeness (QED) is 0.198. The van der Waals surface area contributed by atoms with Crippen LogP contribution in [0.2, 0.25) is 0 Å². The first-order valence-electron chi connectivity index (χ1n) is 17.0. The lowest BCUT2D eigenvalue weighted by atomic mass is 9.98. The zero-order valence-corrected chi connectivity index (χ0v) is 23.7. The summed E-state index contributed by atoms with van der Waals surface area (Å²) in [7, 11) is 0. The van der Waals surface area contributed by atoms with Crippen LogP contribution >= 0.6 is 0 Å². The van der Waals surface area contributed by atoms with Crippen molar-refractivity contribution in [2.75, 3.05) is 4.90 Å².